The molecule has 1 aliphatic rings. The number of hydrogen-bond donors (Lipinski definition) is 1. The number of carbonyl (C=O) groups is 2. The lowest BCUT2D eigenvalue weighted by atomic mass is 10.1. The normalized spacial score (nSPS) is 16.2. The standard InChI is InChI=1S/C18H17F2N3O4/c1-10(24)21-8-13-9-23(18(25)27-13)12-5-14(19)17(15(20)6-12)11-3-4-16(26-2)22-7-11/h3-7,13H,8-9H2,1-2H3,(H,21,24)/t13-/m0/s1. The molecule has 9 heteroatoms. The first-order valence-electron chi connectivity index (χ1n) is 8.11. The fraction of sp³-hybridized carbons (Fsp3) is 0.278. The largest absolute Gasteiger partial charge is 0.481 e. The minimum absolute atomic E-state index is 0.0329. The number of benzene rings is 1. The van der Waals surface area contributed by atoms with Crippen LogP contribution in [0.1, 0.15) is 6.92 Å². The highest BCUT2D eigenvalue weighted by Crippen LogP contribution is 2.32. The third-order valence-corrected chi connectivity index (χ3v) is 4.03. The smallest absolute Gasteiger partial charge is 0.414 e. The van der Waals surface area contributed by atoms with Gasteiger partial charge in [0.2, 0.25) is 11.8 Å². The van der Waals surface area contributed by atoms with Gasteiger partial charge in [-0.1, -0.05) is 0 Å². The summed E-state index contributed by atoms with van der Waals surface area (Å²) in [6.45, 7) is 1.53. The molecule has 2 amide bonds. The van der Waals surface area contributed by atoms with E-state index in [0.717, 1.165) is 17.0 Å². The Labute approximate surface area is 153 Å². The highest BCUT2D eigenvalue weighted by molar-refractivity contribution is 5.90. The molecule has 0 bridgehead atoms. The number of amides is 2. The van der Waals surface area contributed by atoms with Crippen LogP contribution in [0, 0.1) is 11.6 Å². The predicted octanol–water partition coefficient (Wildman–Crippen LogP) is 2.50. The van der Waals surface area contributed by atoms with E-state index in [1.165, 1.54) is 32.4 Å². The molecule has 3 rings (SSSR count). The van der Waals surface area contributed by atoms with E-state index in [0.29, 0.717) is 5.88 Å². The van der Waals surface area contributed by atoms with Gasteiger partial charge in [0.1, 0.15) is 17.7 Å². The van der Waals surface area contributed by atoms with Crippen molar-refractivity contribution >= 4 is 17.7 Å². The molecule has 2 heterocycles. The number of anilines is 1. The fourth-order valence-electron chi connectivity index (χ4n) is 2.74. The number of nitrogens with zero attached hydrogens (tertiary/aromatic N) is 2. The van der Waals surface area contributed by atoms with Crippen molar-refractivity contribution in [1.82, 2.24) is 10.3 Å². The van der Waals surface area contributed by atoms with Crippen molar-refractivity contribution in [3.63, 3.8) is 0 Å². The van der Waals surface area contributed by atoms with E-state index in [1.807, 2.05) is 0 Å². The van der Waals surface area contributed by atoms with Gasteiger partial charge in [-0.3, -0.25) is 9.69 Å². The summed E-state index contributed by atoms with van der Waals surface area (Å²) >= 11 is 0. The number of pyridine rings is 1. The van der Waals surface area contributed by atoms with Crippen molar-refractivity contribution in [2.45, 2.75) is 13.0 Å². The number of ether oxygens (including phenoxy) is 2. The number of halogens is 2. The first-order valence-corrected chi connectivity index (χ1v) is 8.11. The minimum atomic E-state index is -0.838. The lowest BCUT2D eigenvalue weighted by molar-refractivity contribution is -0.119. The molecule has 0 unspecified atom stereocenters. The Bertz CT molecular complexity index is 850. The maximum atomic E-state index is 14.6. The summed E-state index contributed by atoms with van der Waals surface area (Å²) in [7, 11) is 1.44. The average Bonchev–Trinajstić information content (AvgIpc) is 3.00. The second-order valence-electron chi connectivity index (χ2n) is 5.93. The number of carbonyl (C=O) groups excluding carboxylic acids is 2. The Kier molecular flexibility index (Phi) is 5.20. The van der Waals surface area contributed by atoms with E-state index >= 15 is 0 Å². The van der Waals surface area contributed by atoms with Crippen LogP contribution in [0.3, 0.4) is 0 Å². The van der Waals surface area contributed by atoms with Crippen LogP contribution in [0.2, 0.25) is 0 Å². The minimum Gasteiger partial charge on any atom is -0.481 e. The van der Waals surface area contributed by atoms with Gasteiger partial charge < -0.3 is 14.8 Å². The highest BCUT2D eigenvalue weighted by Gasteiger charge is 2.33. The molecule has 1 atom stereocenters. The fourth-order valence-corrected chi connectivity index (χ4v) is 2.74. The topological polar surface area (TPSA) is 80.8 Å². The van der Waals surface area contributed by atoms with Gasteiger partial charge in [0.25, 0.3) is 0 Å². The second-order valence-corrected chi connectivity index (χ2v) is 5.93. The van der Waals surface area contributed by atoms with Crippen molar-refractivity contribution < 1.29 is 27.8 Å². The van der Waals surface area contributed by atoms with Gasteiger partial charge in [-0.25, -0.2) is 18.6 Å². The third kappa shape index (κ3) is 3.97. The van der Waals surface area contributed by atoms with E-state index in [9.17, 15) is 18.4 Å². The monoisotopic (exact) mass is 377 g/mol. The van der Waals surface area contributed by atoms with Crippen LogP contribution in [-0.2, 0) is 9.53 Å². The van der Waals surface area contributed by atoms with Crippen LogP contribution in [0.5, 0.6) is 5.88 Å². The number of hydrogen-bond acceptors (Lipinski definition) is 5. The van der Waals surface area contributed by atoms with Crippen LogP contribution in [0.25, 0.3) is 11.1 Å². The Morgan fingerprint density at radius 1 is 1.37 bits per heavy atom. The van der Waals surface area contributed by atoms with Crippen LogP contribution < -0.4 is 15.0 Å². The lowest BCUT2D eigenvalue weighted by Gasteiger charge is -2.15. The maximum absolute atomic E-state index is 14.6. The van der Waals surface area contributed by atoms with Gasteiger partial charge in [-0.15, -0.1) is 0 Å². The molecule has 1 saturated heterocycles. The van der Waals surface area contributed by atoms with Crippen LogP contribution >= 0.6 is 0 Å². The molecule has 0 spiro atoms. The molecule has 0 aliphatic carbocycles. The summed E-state index contributed by atoms with van der Waals surface area (Å²) in [5.74, 6) is -1.62. The molecule has 27 heavy (non-hydrogen) atoms. The van der Waals surface area contributed by atoms with Gasteiger partial charge in [-0.2, -0.15) is 0 Å². The SMILES string of the molecule is COc1ccc(-c2c(F)cc(N3C[C@H](CNC(C)=O)OC3=O)cc2F)cn1. The Morgan fingerprint density at radius 2 is 2.07 bits per heavy atom. The third-order valence-electron chi connectivity index (χ3n) is 4.03. The molecule has 1 N–H and O–H groups in total. The maximum Gasteiger partial charge on any atom is 0.414 e. The molecule has 2 aromatic rings. The number of nitrogens with one attached hydrogen (secondary N) is 1. The average molecular weight is 377 g/mol. The van der Waals surface area contributed by atoms with Crippen molar-refractivity contribution in [1.29, 1.82) is 0 Å². The first-order chi connectivity index (χ1) is 12.9. The Morgan fingerprint density at radius 3 is 2.63 bits per heavy atom. The zero-order valence-electron chi connectivity index (χ0n) is 14.7. The van der Waals surface area contributed by atoms with Crippen molar-refractivity contribution in [2.24, 2.45) is 0 Å². The van der Waals surface area contributed by atoms with Crippen molar-refractivity contribution in [2.75, 3.05) is 25.1 Å². The van der Waals surface area contributed by atoms with Crippen molar-refractivity contribution in [3.8, 4) is 17.0 Å². The van der Waals surface area contributed by atoms with Crippen LogP contribution in [-0.4, -0.2) is 43.3 Å². The molecule has 1 fully saturated rings. The van der Waals surface area contributed by atoms with E-state index in [2.05, 4.69) is 10.3 Å². The summed E-state index contributed by atoms with van der Waals surface area (Å²) in [6.07, 6.45) is -0.0332. The number of aromatic nitrogens is 1. The van der Waals surface area contributed by atoms with Gasteiger partial charge in [-0.05, 0) is 18.2 Å². The van der Waals surface area contributed by atoms with E-state index in [4.69, 9.17) is 9.47 Å². The Hall–Kier alpha value is -3.23. The van der Waals surface area contributed by atoms with Crippen molar-refractivity contribution in [3.05, 3.63) is 42.1 Å². The molecule has 142 valence electrons. The summed E-state index contributed by atoms with van der Waals surface area (Å²) < 4.78 is 39.2. The molecule has 1 aliphatic heterocycles. The number of rotatable bonds is 5. The van der Waals surface area contributed by atoms with E-state index in [-0.39, 0.29) is 35.8 Å². The van der Waals surface area contributed by atoms with Gasteiger partial charge in [0.05, 0.1) is 31.5 Å². The zero-order valence-corrected chi connectivity index (χ0v) is 14.7. The number of methoxy groups -OCH3 is 1. The summed E-state index contributed by atoms with van der Waals surface area (Å²) in [4.78, 5) is 28.0. The highest BCUT2D eigenvalue weighted by atomic mass is 19.1. The predicted molar refractivity (Wildman–Crippen MR) is 92.4 cm³/mol. The molecular formula is C18H17F2N3O4. The Balaban J connectivity index is 1.84. The first kappa shape index (κ1) is 18.6. The summed E-state index contributed by atoms with van der Waals surface area (Å²) in [5, 5.41) is 2.53. The van der Waals surface area contributed by atoms with Gasteiger partial charge in [0.15, 0.2) is 0 Å². The molecular weight excluding hydrogens is 360 g/mol. The van der Waals surface area contributed by atoms with Crippen LogP contribution in [0.4, 0.5) is 19.3 Å². The second kappa shape index (κ2) is 7.56. The van der Waals surface area contributed by atoms with Gasteiger partial charge >= 0.3 is 6.09 Å². The van der Waals surface area contributed by atoms with Gasteiger partial charge in [0, 0.05) is 24.8 Å². The van der Waals surface area contributed by atoms with E-state index in [1.54, 1.807) is 0 Å². The molecule has 7 nitrogen and oxygen atoms in total. The summed E-state index contributed by atoms with van der Waals surface area (Å²) in [6, 6.07) is 5.10. The quantitative estimate of drug-likeness (QED) is 0.866. The lowest BCUT2D eigenvalue weighted by Crippen LogP contribution is -2.33. The molecule has 1 aromatic carbocycles. The summed E-state index contributed by atoms with van der Waals surface area (Å²) in [5.41, 5.74) is 0.0201. The van der Waals surface area contributed by atoms with Crippen LogP contribution in [0.15, 0.2) is 30.5 Å². The van der Waals surface area contributed by atoms with E-state index < -0.39 is 23.8 Å². The number of cyclic esters (lactones) is 1. The molecule has 0 radical (unpaired) electrons. The zero-order chi connectivity index (χ0) is 19.6. The molecule has 0 saturated carbocycles. The molecule has 1 aromatic heterocycles.